The number of phenolic OH excluding ortho intramolecular Hbond substituents is 1. The molecule has 1 aromatic carbocycles. The van der Waals surface area contributed by atoms with Gasteiger partial charge in [-0.25, -0.2) is 4.39 Å². The number of aliphatic hydroxyl groups is 2. The Kier molecular flexibility index (Phi) is 9.29. The van der Waals surface area contributed by atoms with Crippen LogP contribution in [0.4, 0.5) is 4.39 Å². The number of carbonyl (C=O) groups excluding carboxylic acids is 1. The molecule has 2 rings (SSSR count). The zero-order chi connectivity index (χ0) is 19.9. The van der Waals surface area contributed by atoms with Gasteiger partial charge in [0.05, 0.1) is 6.61 Å². The van der Waals surface area contributed by atoms with Crippen LogP contribution in [0.2, 0.25) is 5.02 Å². The van der Waals surface area contributed by atoms with Crippen molar-refractivity contribution in [2.24, 2.45) is 11.7 Å². The molecule has 0 aliphatic carbocycles. The molecule has 1 saturated heterocycles. The van der Waals surface area contributed by atoms with Crippen LogP contribution in [-0.4, -0.2) is 51.9 Å². The molecule has 0 bridgehead atoms. The molecule has 26 heavy (non-hydrogen) atoms. The number of aliphatic hydroxyl groups excluding tert-OH is 2. The Balaban J connectivity index is 0.00000163. The van der Waals surface area contributed by atoms with Crippen molar-refractivity contribution in [2.45, 2.75) is 45.5 Å². The highest BCUT2D eigenvalue weighted by Crippen LogP contribution is 2.36. The number of phenols is 1. The van der Waals surface area contributed by atoms with E-state index in [2.05, 4.69) is 0 Å². The lowest BCUT2D eigenvalue weighted by Gasteiger charge is -2.35. The van der Waals surface area contributed by atoms with Crippen molar-refractivity contribution in [1.29, 1.82) is 0 Å². The quantitative estimate of drug-likeness (QED) is 0.616. The first-order valence-corrected chi connectivity index (χ1v) is 9.17. The summed E-state index contributed by atoms with van der Waals surface area (Å²) < 4.78 is 12.8. The summed E-state index contributed by atoms with van der Waals surface area (Å²) in [6.45, 7) is 3.44. The maximum absolute atomic E-state index is 12.8. The van der Waals surface area contributed by atoms with E-state index in [-0.39, 0.29) is 22.3 Å². The molecule has 2 unspecified atom stereocenters. The van der Waals surface area contributed by atoms with E-state index < -0.39 is 31.3 Å². The molecule has 1 heterocycles. The average Bonchev–Trinajstić information content (AvgIpc) is 2.69. The van der Waals surface area contributed by atoms with Gasteiger partial charge in [-0.1, -0.05) is 25.4 Å². The fraction of sp³-hybridized carbons (Fsp3) is 0.611. The standard InChI is InChI=1S/C16H22ClFN2O4.C2H6/c17-12-6-11(13(22)5-10(12)7-18)15(19)9-1-3-20(4-2-9)16(24)14(23)8-21;1-2/h5-6,9,14-15,21-23H,1-4,7-8,19H2;1-2H3. The van der Waals surface area contributed by atoms with Gasteiger partial charge >= 0.3 is 0 Å². The van der Waals surface area contributed by atoms with Crippen LogP contribution in [0.15, 0.2) is 12.1 Å². The van der Waals surface area contributed by atoms with Gasteiger partial charge in [-0.2, -0.15) is 0 Å². The Morgan fingerprint density at radius 1 is 1.38 bits per heavy atom. The first-order valence-electron chi connectivity index (χ1n) is 8.79. The number of likely N-dealkylation sites (tertiary alicyclic amines) is 1. The molecule has 0 spiro atoms. The Bertz CT molecular complexity index is 595. The first-order chi connectivity index (χ1) is 12.4. The number of aromatic hydroxyl groups is 1. The summed E-state index contributed by atoms with van der Waals surface area (Å²) >= 11 is 5.99. The monoisotopic (exact) mass is 390 g/mol. The molecule has 2 atom stereocenters. The number of hydrogen-bond donors (Lipinski definition) is 4. The van der Waals surface area contributed by atoms with E-state index in [0.717, 1.165) is 0 Å². The van der Waals surface area contributed by atoms with Crippen molar-refractivity contribution < 1.29 is 24.5 Å². The lowest BCUT2D eigenvalue weighted by Crippen LogP contribution is -2.46. The normalized spacial score (nSPS) is 17.3. The van der Waals surface area contributed by atoms with Crippen molar-refractivity contribution in [2.75, 3.05) is 19.7 Å². The number of rotatable bonds is 5. The van der Waals surface area contributed by atoms with Gasteiger partial charge in [0.25, 0.3) is 5.91 Å². The van der Waals surface area contributed by atoms with Gasteiger partial charge in [0.15, 0.2) is 6.10 Å². The fourth-order valence-electron chi connectivity index (χ4n) is 3.01. The number of benzene rings is 1. The molecule has 1 fully saturated rings. The summed E-state index contributed by atoms with van der Waals surface area (Å²) in [5, 5.41) is 28.5. The molecule has 0 saturated carbocycles. The van der Waals surface area contributed by atoms with E-state index in [0.29, 0.717) is 31.5 Å². The van der Waals surface area contributed by atoms with Crippen LogP contribution in [0.5, 0.6) is 5.75 Å². The fourth-order valence-corrected chi connectivity index (χ4v) is 3.23. The van der Waals surface area contributed by atoms with Crippen molar-refractivity contribution in [3.8, 4) is 5.75 Å². The largest absolute Gasteiger partial charge is 0.508 e. The zero-order valence-corrected chi connectivity index (χ0v) is 15.9. The maximum atomic E-state index is 12.8. The zero-order valence-electron chi connectivity index (χ0n) is 15.2. The van der Waals surface area contributed by atoms with Crippen LogP contribution in [0.3, 0.4) is 0 Å². The molecule has 1 amide bonds. The topological polar surface area (TPSA) is 107 Å². The van der Waals surface area contributed by atoms with Crippen molar-refractivity contribution in [3.63, 3.8) is 0 Å². The van der Waals surface area contributed by atoms with E-state index in [9.17, 15) is 19.4 Å². The van der Waals surface area contributed by atoms with E-state index in [1.807, 2.05) is 13.8 Å². The number of piperidine rings is 1. The van der Waals surface area contributed by atoms with E-state index in [1.54, 1.807) is 0 Å². The van der Waals surface area contributed by atoms with Gasteiger partial charge in [0.1, 0.15) is 12.4 Å². The summed E-state index contributed by atoms with van der Waals surface area (Å²) in [6, 6.07) is 2.29. The predicted molar refractivity (Wildman–Crippen MR) is 98.6 cm³/mol. The lowest BCUT2D eigenvalue weighted by atomic mass is 9.85. The molecular formula is C18H28ClFN2O4. The molecule has 0 aromatic heterocycles. The van der Waals surface area contributed by atoms with Gasteiger partial charge in [0, 0.05) is 35.3 Å². The van der Waals surface area contributed by atoms with Crippen LogP contribution in [0.25, 0.3) is 0 Å². The predicted octanol–water partition coefficient (Wildman–Crippen LogP) is 2.13. The highest BCUT2D eigenvalue weighted by Gasteiger charge is 2.31. The Labute approximate surface area is 158 Å². The molecule has 0 radical (unpaired) electrons. The van der Waals surface area contributed by atoms with Crippen LogP contribution >= 0.6 is 11.6 Å². The van der Waals surface area contributed by atoms with Crippen molar-refractivity contribution in [1.82, 2.24) is 4.90 Å². The molecule has 5 N–H and O–H groups in total. The maximum Gasteiger partial charge on any atom is 0.253 e. The number of halogens is 2. The Morgan fingerprint density at radius 3 is 2.46 bits per heavy atom. The lowest BCUT2D eigenvalue weighted by molar-refractivity contribution is -0.143. The number of nitrogens with zero attached hydrogens (tertiary/aromatic N) is 1. The SMILES string of the molecule is CC.NC(c1cc(Cl)c(CF)cc1O)C1CCN(C(=O)C(O)CO)CC1. The van der Waals surface area contributed by atoms with Crippen LogP contribution in [0, 0.1) is 5.92 Å². The van der Waals surface area contributed by atoms with E-state index >= 15 is 0 Å². The van der Waals surface area contributed by atoms with Crippen molar-refractivity contribution in [3.05, 3.63) is 28.3 Å². The Hall–Kier alpha value is -1.41. The smallest absolute Gasteiger partial charge is 0.253 e. The minimum absolute atomic E-state index is 0.0125. The van der Waals surface area contributed by atoms with Gasteiger partial charge in [-0.05, 0) is 30.9 Å². The van der Waals surface area contributed by atoms with Crippen LogP contribution in [-0.2, 0) is 11.5 Å². The number of carbonyl (C=O) groups is 1. The summed E-state index contributed by atoms with van der Waals surface area (Å²) in [7, 11) is 0. The summed E-state index contributed by atoms with van der Waals surface area (Å²) in [4.78, 5) is 13.3. The van der Waals surface area contributed by atoms with Crippen LogP contribution < -0.4 is 5.73 Å². The van der Waals surface area contributed by atoms with E-state index in [4.69, 9.17) is 22.4 Å². The third kappa shape index (κ3) is 5.30. The molecule has 1 aliphatic heterocycles. The molecule has 8 heteroatoms. The third-order valence-corrected chi connectivity index (χ3v) is 4.87. The van der Waals surface area contributed by atoms with Crippen molar-refractivity contribution >= 4 is 17.5 Å². The summed E-state index contributed by atoms with van der Waals surface area (Å²) in [6.07, 6.45) is -0.216. The van der Waals surface area contributed by atoms with Gasteiger partial charge in [0.2, 0.25) is 0 Å². The second kappa shape index (κ2) is 10.7. The molecule has 6 nitrogen and oxygen atoms in total. The minimum atomic E-state index is -1.40. The Morgan fingerprint density at radius 2 is 1.96 bits per heavy atom. The second-order valence-electron chi connectivity index (χ2n) is 6.02. The van der Waals surface area contributed by atoms with Gasteiger partial charge in [-0.15, -0.1) is 0 Å². The average molecular weight is 391 g/mol. The third-order valence-electron chi connectivity index (χ3n) is 4.52. The number of nitrogens with two attached hydrogens (primary N) is 1. The number of hydrogen-bond acceptors (Lipinski definition) is 5. The molecule has 148 valence electrons. The first kappa shape index (κ1) is 22.6. The summed E-state index contributed by atoms with van der Waals surface area (Å²) in [5.74, 6) is -0.574. The van der Waals surface area contributed by atoms with Crippen LogP contribution in [0.1, 0.15) is 43.9 Å². The number of amides is 1. The van der Waals surface area contributed by atoms with E-state index in [1.165, 1.54) is 17.0 Å². The molecular weight excluding hydrogens is 363 g/mol. The highest BCUT2D eigenvalue weighted by atomic mass is 35.5. The highest BCUT2D eigenvalue weighted by molar-refractivity contribution is 6.31. The summed E-state index contributed by atoms with van der Waals surface area (Å²) in [5.41, 5.74) is 6.90. The molecule has 1 aromatic rings. The molecule has 1 aliphatic rings. The second-order valence-corrected chi connectivity index (χ2v) is 6.43. The minimum Gasteiger partial charge on any atom is -0.508 e. The number of alkyl halides is 1. The van der Waals surface area contributed by atoms with Gasteiger partial charge in [-0.3, -0.25) is 4.79 Å². The van der Waals surface area contributed by atoms with Gasteiger partial charge < -0.3 is 26.0 Å².